The number of hydrogen-bond donors (Lipinski definition) is 1. The van der Waals surface area contributed by atoms with Gasteiger partial charge in [0.25, 0.3) is 0 Å². The van der Waals surface area contributed by atoms with Crippen LogP contribution in [0.4, 0.5) is 0 Å². The van der Waals surface area contributed by atoms with Gasteiger partial charge in [0.1, 0.15) is 0 Å². The Hall–Kier alpha value is -0.0800. The molecule has 0 aromatic carbocycles. The van der Waals surface area contributed by atoms with E-state index >= 15 is 0 Å². The van der Waals surface area contributed by atoms with Crippen LogP contribution in [0.25, 0.3) is 0 Å². The van der Waals surface area contributed by atoms with Gasteiger partial charge >= 0.3 is 0 Å². The first-order valence-corrected chi connectivity index (χ1v) is 7.07. The maximum Gasteiger partial charge on any atom is 0.0726 e. The zero-order chi connectivity index (χ0) is 11.4. The molecular weight excluding hydrogens is 198 g/mol. The Morgan fingerprint density at radius 3 is 2.44 bits per heavy atom. The van der Waals surface area contributed by atoms with Gasteiger partial charge < -0.3 is 10.1 Å². The van der Waals surface area contributed by atoms with Crippen LogP contribution in [-0.2, 0) is 4.74 Å². The smallest absolute Gasteiger partial charge is 0.0726 e. The normalized spacial score (nSPS) is 37.5. The molecule has 1 saturated carbocycles. The van der Waals surface area contributed by atoms with Crippen LogP contribution in [0.3, 0.4) is 0 Å². The Morgan fingerprint density at radius 2 is 1.88 bits per heavy atom. The predicted octanol–water partition coefficient (Wildman–Crippen LogP) is 3.11. The molecule has 2 rings (SSSR count). The summed E-state index contributed by atoms with van der Waals surface area (Å²) >= 11 is 0. The van der Waals surface area contributed by atoms with Gasteiger partial charge in [0.2, 0.25) is 0 Å². The molecule has 0 aromatic rings. The maximum atomic E-state index is 5.67. The molecule has 0 amide bonds. The topological polar surface area (TPSA) is 21.3 Å². The molecule has 16 heavy (non-hydrogen) atoms. The Kier molecular flexibility index (Phi) is 4.26. The van der Waals surface area contributed by atoms with Crippen molar-refractivity contribution in [3.8, 4) is 0 Å². The molecule has 2 heteroatoms. The molecule has 1 N–H and O–H groups in total. The van der Waals surface area contributed by atoms with Gasteiger partial charge in [0, 0.05) is 12.1 Å². The minimum Gasteiger partial charge on any atom is -0.377 e. The highest BCUT2D eigenvalue weighted by atomic mass is 16.5. The Bertz CT molecular complexity index is 211. The first-order chi connectivity index (χ1) is 7.71. The molecule has 1 aliphatic heterocycles. The van der Waals surface area contributed by atoms with E-state index < -0.39 is 0 Å². The van der Waals surface area contributed by atoms with Crippen LogP contribution in [0, 0.1) is 5.92 Å². The SMILES string of the molecule is CC1OCCC1(C)NCC1CCCCCC1. The zero-order valence-corrected chi connectivity index (χ0v) is 10.9. The quantitative estimate of drug-likeness (QED) is 0.745. The van der Waals surface area contributed by atoms with Crippen LogP contribution in [0.15, 0.2) is 0 Å². The molecule has 94 valence electrons. The van der Waals surface area contributed by atoms with E-state index in [1.165, 1.54) is 51.5 Å². The number of hydrogen-bond acceptors (Lipinski definition) is 2. The van der Waals surface area contributed by atoms with E-state index in [0.717, 1.165) is 12.5 Å². The van der Waals surface area contributed by atoms with Crippen molar-refractivity contribution < 1.29 is 4.74 Å². The van der Waals surface area contributed by atoms with Crippen LogP contribution in [0.5, 0.6) is 0 Å². The van der Waals surface area contributed by atoms with Crippen molar-refractivity contribution in [1.29, 1.82) is 0 Å². The van der Waals surface area contributed by atoms with Gasteiger partial charge in [-0.05, 0) is 45.6 Å². The largest absolute Gasteiger partial charge is 0.377 e. The van der Waals surface area contributed by atoms with Gasteiger partial charge in [-0.1, -0.05) is 25.7 Å². The standard InChI is InChI=1S/C14H27NO/c1-12-14(2,9-10-16-12)15-11-13-7-5-3-4-6-8-13/h12-13,15H,3-11H2,1-2H3. The van der Waals surface area contributed by atoms with Crippen LogP contribution in [-0.4, -0.2) is 24.8 Å². The fourth-order valence-corrected chi connectivity index (χ4v) is 3.01. The van der Waals surface area contributed by atoms with E-state index in [9.17, 15) is 0 Å². The first kappa shape index (κ1) is 12.4. The van der Waals surface area contributed by atoms with Crippen molar-refractivity contribution in [1.82, 2.24) is 5.32 Å². The molecule has 2 atom stereocenters. The molecular formula is C14H27NO. The Balaban J connectivity index is 1.77. The van der Waals surface area contributed by atoms with Crippen LogP contribution in [0.1, 0.15) is 58.8 Å². The van der Waals surface area contributed by atoms with E-state index in [1.807, 2.05) is 0 Å². The summed E-state index contributed by atoms with van der Waals surface area (Å²) in [6.07, 6.45) is 10.2. The van der Waals surface area contributed by atoms with E-state index in [4.69, 9.17) is 4.74 Å². The minimum atomic E-state index is 0.228. The first-order valence-electron chi connectivity index (χ1n) is 7.07. The summed E-state index contributed by atoms with van der Waals surface area (Å²) < 4.78 is 5.67. The second-order valence-corrected chi connectivity index (χ2v) is 5.92. The number of nitrogens with one attached hydrogen (secondary N) is 1. The molecule has 1 aliphatic carbocycles. The zero-order valence-electron chi connectivity index (χ0n) is 10.9. The highest BCUT2D eigenvalue weighted by Gasteiger charge is 2.36. The third kappa shape index (κ3) is 2.98. The third-order valence-electron chi connectivity index (χ3n) is 4.66. The molecule has 1 saturated heterocycles. The van der Waals surface area contributed by atoms with E-state index in [1.54, 1.807) is 0 Å². The Morgan fingerprint density at radius 1 is 1.19 bits per heavy atom. The van der Waals surface area contributed by atoms with Crippen LogP contribution < -0.4 is 5.32 Å². The molecule has 2 unspecified atom stereocenters. The van der Waals surface area contributed by atoms with Crippen molar-refractivity contribution in [2.75, 3.05) is 13.2 Å². The average Bonchev–Trinajstić information content (AvgIpc) is 2.52. The Labute approximate surface area is 100 Å². The highest BCUT2D eigenvalue weighted by molar-refractivity contribution is 4.93. The highest BCUT2D eigenvalue weighted by Crippen LogP contribution is 2.27. The predicted molar refractivity (Wildman–Crippen MR) is 67.6 cm³/mol. The van der Waals surface area contributed by atoms with E-state index in [2.05, 4.69) is 19.2 Å². The fraction of sp³-hybridized carbons (Fsp3) is 1.00. The van der Waals surface area contributed by atoms with Crippen molar-refractivity contribution in [2.24, 2.45) is 5.92 Å². The number of ether oxygens (including phenoxy) is 1. The third-order valence-corrected chi connectivity index (χ3v) is 4.66. The van der Waals surface area contributed by atoms with Gasteiger partial charge in [-0.15, -0.1) is 0 Å². The summed E-state index contributed by atoms with van der Waals surface area (Å²) in [7, 11) is 0. The number of rotatable bonds is 3. The summed E-state index contributed by atoms with van der Waals surface area (Å²) in [5.74, 6) is 0.909. The average molecular weight is 225 g/mol. The van der Waals surface area contributed by atoms with Crippen LogP contribution in [0.2, 0.25) is 0 Å². The van der Waals surface area contributed by atoms with Gasteiger partial charge in [-0.25, -0.2) is 0 Å². The summed E-state index contributed by atoms with van der Waals surface area (Å²) in [5, 5.41) is 3.78. The fourth-order valence-electron chi connectivity index (χ4n) is 3.01. The van der Waals surface area contributed by atoms with Gasteiger partial charge in [0.05, 0.1) is 6.10 Å². The minimum absolute atomic E-state index is 0.228. The lowest BCUT2D eigenvalue weighted by Gasteiger charge is -2.31. The maximum absolute atomic E-state index is 5.67. The summed E-state index contributed by atoms with van der Waals surface area (Å²) in [6.45, 7) is 6.65. The second-order valence-electron chi connectivity index (χ2n) is 5.92. The monoisotopic (exact) mass is 225 g/mol. The lowest BCUT2D eigenvalue weighted by Crippen LogP contribution is -2.49. The van der Waals surface area contributed by atoms with Crippen molar-refractivity contribution in [2.45, 2.75) is 70.4 Å². The second kappa shape index (κ2) is 5.50. The van der Waals surface area contributed by atoms with Gasteiger partial charge in [0.15, 0.2) is 0 Å². The van der Waals surface area contributed by atoms with Crippen molar-refractivity contribution in [3.05, 3.63) is 0 Å². The van der Waals surface area contributed by atoms with Crippen molar-refractivity contribution >= 4 is 0 Å². The van der Waals surface area contributed by atoms with Crippen molar-refractivity contribution in [3.63, 3.8) is 0 Å². The molecule has 2 fully saturated rings. The van der Waals surface area contributed by atoms with E-state index in [0.29, 0.717) is 6.10 Å². The molecule has 0 aromatic heterocycles. The summed E-state index contributed by atoms with van der Waals surface area (Å²) in [5.41, 5.74) is 0.228. The summed E-state index contributed by atoms with van der Waals surface area (Å²) in [6, 6.07) is 0. The molecule has 1 heterocycles. The molecule has 2 aliphatic rings. The molecule has 2 nitrogen and oxygen atoms in total. The lowest BCUT2D eigenvalue weighted by atomic mass is 9.92. The molecule has 0 radical (unpaired) electrons. The lowest BCUT2D eigenvalue weighted by molar-refractivity contribution is 0.0868. The van der Waals surface area contributed by atoms with Crippen LogP contribution >= 0.6 is 0 Å². The van der Waals surface area contributed by atoms with E-state index in [-0.39, 0.29) is 5.54 Å². The van der Waals surface area contributed by atoms with Gasteiger partial charge in [-0.3, -0.25) is 0 Å². The molecule has 0 bridgehead atoms. The van der Waals surface area contributed by atoms with Gasteiger partial charge in [-0.2, -0.15) is 0 Å². The summed E-state index contributed by atoms with van der Waals surface area (Å²) in [4.78, 5) is 0. The molecule has 0 spiro atoms.